The lowest BCUT2D eigenvalue weighted by Gasteiger charge is -2.04. The highest BCUT2D eigenvalue weighted by Crippen LogP contribution is 2.24. The van der Waals surface area contributed by atoms with Gasteiger partial charge in [0.1, 0.15) is 0 Å². The van der Waals surface area contributed by atoms with Gasteiger partial charge in [-0.1, -0.05) is 5.16 Å². The second-order valence-electron chi connectivity index (χ2n) is 3.87. The van der Waals surface area contributed by atoms with Crippen LogP contribution in [-0.4, -0.2) is 26.8 Å². The monoisotopic (exact) mass is 280 g/mol. The fourth-order valence-corrected chi connectivity index (χ4v) is 2.15. The van der Waals surface area contributed by atoms with Gasteiger partial charge in [0, 0.05) is 12.1 Å². The average Bonchev–Trinajstić information content (AvgIpc) is 2.98. The van der Waals surface area contributed by atoms with Crippen LogP contribution in [0.3, 0.4) is 0 Å². The van der Waals surface area contributed by atoms with E-state index in [4.69, 9.17) is 17.0 Å². The number of aromatic nitrogens is 4. The quantitative estimate of drug-likeness (QED) is 0.745. The maximum Gasteiger partial charge on any atom is 0.213 e. The third kappa shape index (κ3) is 1.99. The summed E-state index contributed by atoms with van der Waals surface area (Å²) < 4.78 is 25.5. The number of methoxy groups -OCH3 is 1. The lowest BCUT2D eigenvalue weighted by molar-refractivity contribution is 0.387. The number of imidazole rings is 1. The molecule has 2 heterocycles. The summed E-state index contributed by atoms with van der Waals surface area (Å²) in [5, 5.41) is 3.73. The molecule has 0 saturated carbocycles. The number of ether oxygens (including phenoxy) is 1. The zero-order chi connectivity index (χ0) is 13.4. The normalized spacial score (nSPS) is 11.1. The molecule has 6 nitrogen and oxygen atoms in total. The van der Waals surface area contributed by atoms with E-state index in [1.54, 1.807) is 10.6 Å². The van der Waals surface area contributed by atoms with Gasteiger partial charge in [0.25, 0.3) is 0 Å². The van der Waals surface area contributed by atoms with Crippen molar-refractivity contribution in [3.8, 4) is 5.75 Å². The molecule has 0 aliphatic heterocycles. The zero-order valence-electron chi connectivity index (χ0n) is 9.88. The third-order valence-corrected chi connectivity index (χ3v) is 3.08. The third-order valence-electron chi connectivity index (χ3n) is 2.75. The van der Waals surface area contributed by atoms with Crippen LogP contribution in [0.2, 0.25) is 0 Å². The van der Waals surface area contributed by atoms with Crippen LogP contribution in [0.15, 0.2) is 23.0 Å². The largest absolute Gasteiger partial charge is 0.494 e. The number of benzene rings is 1. The van der Waals surface area contributed by atoms with Gasteiger partial charge in [-0.05, 0) is 12.2 Å². The topological polar surface area (TPSA) is 68.9 Å². The molecule has 0 radical (unpaired) electrons. The second kappa shape index (κ2) is 4.47. The predicted molar refractivity (Wildman–Crippen MR) is 67.0 cm³/mol. The first-order valence-electron chi connectivity index (χ1n) is 5.40. The second-order valence-corrected chi connectivity index (χ2v) is 4.25. The molecule has 1 N–H and O–H groups in total. The Morgan fingerprint density at radius 2 is 2.37 bits per heavy atom. The van der Waals surface area contributed by atoms with E-state index in [0.29, 0.717) is 28.2 Å². The smallest absolute Gasteiger partial charge is 0.213 e. The van der Waals surface area contributed by atoms with Gasteiger partial charge in [-0.15, -0.1) is 0 Å². The van der Waals surface area contributed by atoms with Crippen LogP contribution in [-0.2, 0) is 6.54 Å². The first-order valence-corrected chi connectivity index (χ1v) is 5.81. The average molecular weight is 280 g/mol. The van der Waals surface area contributed by atoms with E-state index in [2.05, 4.69) is 19.6 Å². The molecule has 8 heteroatoms. The van der Waals surface area contributed by atoms with Gasteiger partial charge in [-0.3, -0.25) is 0 Å². The highest BCUT2D eigenvalue weighted by molar-refractivity contribution is 7.71. The van der Waals surface area contributed by atoms with E-state index in [0.717, 1.165) is 0 Å². The van der Waals surface area contributed by atoms with Crippen LogP contribution in [0.5, 0.6) is 5.75 Å². The van der Waals surface area contributed by atoms with Crippen LogP contribution in [0.4, 0.5) is 4.39 Å². The molecule has 0 bridgehead atoms. The Kier molecular flexibility index (Phi) is 2.79. The molecule has 0 fully saturated rings. The molecule has 0 unspecified atom stereocenters. The Balaban J connectivity index is 2.18. The van der Waals surface area contributed by atoms with E-state index >= 15 is 0 Å². The van der Waals surface area contributed by atoms with Crippen molar-refractivity contribution in [3.63, 3.8) is 0 Å². The minimum Gasteiger partial charge on any atom is -0.494 e. The molecular formula is C11H9FN4O2S. The van der Waals surface area contributed by atoms with E-state index in [9.17, 15) is 4.39 Å². The summed E-state index contributed by atoms with van der Waals surface area (Å²) in [4.78, 5) is 6.86. The number of fused-ring (bicyclic) bond motifs is 1. The van der Waals surface area contributed by atoms with Gasteiger partial charge >= 0.3 is 0 Å². The van der Waals surface area contributed by atoms with Gasteiger partial charge in [0.15, 0.2) is 22.2 Å². The van der Waals surface area contributed by atoms with Crippen molar-refractivity contribution in [2.75, 3.05) is 7.11 Å². The summed E-state index contributed by atoms with van der Waals surface area (Å²) in [6.07, 6.45) is 1.24. The Morgan fingerprint density at radius 1 is 1.53 bits per heavy atom. The van der Waals surface area contributed by atoms with Crippen molar-refractivity contribution < 1.29 is 13.7 Å². The van der Waals surface area contributed by atoms with Crippen molar-refractivity contribution in [3.05, 3.63) is 34.9 Å². The molecule has 19 heavy (non-hydrogen) atoms. The number of aromatic amines is 1. The Morgan fingerprint density at radius 3 is 3.05 bits per heavy atom. The molecule has 0 amide bonds. The van der Waals surface area contributed by atoms with Crippen molar-refractivity contribution in [1.29, 1.82) is 0 Å². The number of halogens is 1. The zero-order valence-corrected chi connectivity index (χ0v) is 10.7. The minimum atomic E-state index is -0.446. The SMILES string of the molecule is COc1cc2c(cc1F)[nH]c(=S)n2Cc1ncon1. The molecule has 0 spiro atoms. The first-order chi connectivity index (χ1) is 9.19. The molecule has 98 valence electrons. The molecule has 0 aliphatic carbocycles. The molecule has 2 aromatic heterocycles. The van der Waals surface area contributed by atoms with Gasteiger partial charge in [-0.2, -0.15) is 4.98 Å². The summed E-state index contributed by atoms with van der Waals surface area (Å²) in [6, 6.07) is 2.92. The highest BCUT2D eigenvalue weighted by atomic mass is 32.1. The van der Waals surface area contributed by atoms with Crippen LogP contribution in [0.1, 0.15) is 5.82 Å². The fourth-order valence-electron chi connectivity index (χ4n) is 1.88. The van der Waals surface area contributed by atoms with Crippen molar-refractivity contribution >= 4 is 23.3 Å². The van der Waals surface area contributed by atoms with Crippen LogP contribution in [0, 0.1) is 10.6 Å². The van der Waals surface area contributed by atoms with Gasteiger partial charge < -0.3 is 18.8 Å². The van der Waals surface area contributed by atoms with Gasteiger partial charge in [0.2, 0.25) is 6.39 Å². The highest BCUT2D eigenvalue weighted by Gasteiger charge is 2.12. The van der Waals surface area contributed by atoms with Crippen molar-refractivity contribution in [2.24, 2.45) is 0 Å². The molecular weight excluding hydrogens is 271 g/mol. The van der Waals surface area contributed by atoms with E-state index in [-0.39, 0.29) is 5.75 Å². The van der Waals surface area contributed by atoms with Crippen LogP contribution in [0.25, 0.3) is 11.0 Å². The predicted octanol–water partition coefficient (Wildman–Crippen LogP) is 2.28. The number of rotatable bonds is 3. The molecule has 0 atom stereocenters. The number of hydrogen-bond acceptors (Lipinski definition) is 5. The van der Waals surface area contributed by atoms with E-state index in [1.807, 2.05) is 0 Å². The summed E-state index contributed by atoms with van der Waals surface area (Å²) in [5.74, 6) is 0.196. The van der Waals surface area contributed by atoms with Gasteiger partial charge in [0.05, 0.1) is 24.7 Å². The maximum atomic E-state index is 13.6. The minimum absolute atomic E-state index is 0.156. The molecule has 3 aromatic rings. The summed E-state index contributed by atoms with van der Waals surface area (Å²) >= 11 is 5.21. The Labute approximate surface area is 111 Å². The summed E-state index contributed by atoms with van der Waals surface area (Å²) in [7, 11) is 1.41. The van der Waals surface area contributed by atoms with Crippen LogP contribution >= 0.6 is 12.2 Å². The van der Waals surface area contributed by atoms with Crippen molar-refractivity contribution in [1.82, 2.24) is 19.7 Å². The fraction of sp³-hybridized carbons (Fsp3) is 0.182. The number of hydrogen-bond donors (Lipinski definition) is 1. The number of nitrogens with one attached hydrogen (secondary N) is 1. The lowest BCUT2D eigenvalue weighted by atomic mass is 10.3. The van der Waals surface area contributed by atoms with Gasteiger partial charge in [-0.25, -0.2) is 4.39 Å². The van der Waals surface area contributed by atoms with Crippen molar-refractivity contribution in [2.45, 2.75) is 6.54 Å². The Bertz CT molecular complexity index is 778. The first kappa shape index (κ1) is 11.8. The Hall–Kier alpha value is -2.22. The molecule has 0 saturated heterocycles. The molecule has 0 aliphatic rings. The summed E-state index contributed by atoms with van der Waals surface area (Å²) in [6.45, 7) is 0.337. The number of H-pyrrole nitrogens is 1. The molecule has 3 rings (SSSR count). The lowest BCUT2D eigenvalue weighted by Crippen LogP contribution is -2.01. The van der Waals surface area contributed by atoms with Crippen LogP contribution < -0.4 is 4.74 Å². The standard InChI is InChI=1S/C11H9FN4O2S/c1-17-9-3-8-7(2-6(9)12)14-11(19)16(8)4-10-13-5-18-15-10/h2-3,5H,4H2,1H3,(H,14,19). The van der Waals surface area contributed by atoms with E-state index in [1.165, 1.54) is 19.6 Å². The molecule has 1 aromatic carbocycles. The van der Waals surface area contributed by atoms with E-state index < -0.39 is 5.82 Å². The number of nitrogens with zero attached hydrogens (tertiary/aromatic N) is 3. The summed E-state index contributed by atoms with van der Waals surface area (Å²) in [5.41, 5.74) is 1.31. The maximum absolute atomic E-state index is 13.6.